The summed E-state index contributed by atoms with van der Waals surface area (Å²) >= 11 is 6.21. The van der Waals surface area contributed by atoms with Crippen molar-refractivity contribution in [3.63, 3.8) is 0 Å². The smallest absolute Gasteiger partial charge is 0.321 e. The van der Waals surface area contributed by atoms with Gasteiger partial charge in [-0.3, -0.25) is 4.79 Å². The molecule has 0 aliphatic rings. The average Bonchev–Trinajstić information content (AvgIpc) is 2.97. The molecule has 6 nitrogen and oxygen atoms in total. The Bertz CT molecular complexity index is 572. The zero-order chi connectivity index (χ0) is 13.8. The van der Waals surface area contributed by atoms with E-state index in [9.17, 15) is 4.79 Å². The van der Waals surface area contributed by atoms with E-state index in [1.54, 1.807) is 0 Å². The first-order valence-corrected chi connectivity index (χ1v) is 7.97. The van der Waals surface area contributed by atoms with E-state index in [1.807, 2.05) is 12.1 Å². The molecular formula is C10H10BrN3O3S2. The number of nitrogens with zero attached hydrogens (tertiary/aromatic N) is 2. The first-order chi connectivity index (χ1) is 9.06. The molecule has 0 amide bonds. The van der Waals surface area contributed by atoms with Crippen LogP contribution in [0.3, 0.4) is 0 Å². The molecule has 2 aromatic heterocycles. The van der Waals surface area contributed by atoms with Crippen LogP contribution in [0.5, 0.6) is 0 Å². The Morgan fingerprint density at radius 2 is 2.37 bits per heavy atom. The molecule has 0 fully saturated rings. The number of halogens is 1. The maximum Gasteiger partial charge on any atom is 0.321 e. The van der Waals surface area contributed by atoms with E-state index < -0.39 is 12.0 Å². The first-order valence-electron chi connectivity index (χ1n) is 5.20. The number of hydrogen-bond donors (Lipinski definition) is 2. The lowest BCUT2D eigenvalue weighted by Gasteiger charge is -2.03. The van der Waals surface area contributed by atoms with Crippen molar-refractivity contribution in [1.82, 2.24) is 10.2 Å². The summed E-state index contributed by atoms with van der Waals surface area (Å²) in [5, 5.41) is 16.5. The standard InChI is InChI=1S/C10H10BrN3O3S2/c11-7-2-1-6(19-7)9-14-13-8(17-9)4-18-3-5(12)10(15)16/h1-2,5H,3-4,12H2,(H,15,16)/t5-/m1/s1. The molecule has 0 saturated carbocycles. The van der Waals surface area contributed by atoms with Crippen LogP contribution < -0.4 is 5.73 Å². The van der Waals surface area contributed by atoms with Crippen molar-refractivity contribution in [3.05, 3.63) is 21.8 Å². The van der Waals surface area contributed by atoms with Gasteiger partial charge in [-0.1, -0.05) is 0 Å². The quantitative estimate of drug-likeness (QED) is 0.810. The van der Waals surface area contributed by atoms with Crippen LogP contribution in [0, 0.1) is 0 Å². The number of hydrogen-bond acceptors (Lipinski definition) is 7. The summed E-state index contributed by atoms with van der Waals surface area (Å²) in [6.45, 7) is 0. The number of nitrogens with two attached hydrogens (primary N) is 1. The van der Waals surface area contributed by atoms with Gasteiger partial charge in [0.05, 0.1) is 14.4 Å². The van der Waals surface area contributed by atoms with E-state index in [1.165, 1.54) is 23.1 Å². The van der Waals surface area contributed by atoms with Gasteiger partial charge in [0.15, 0.2) is 0 Å². The van der Waals surface area contributed by atoms with Crippen LogP contribution in [0.15, 0.2) is 20.3 Å². The summed E-state index contributed by atoms with van der Waals surface area (Å²) in [6.07, 6.45) is 0. The Balaban J connectivity index is 1.89. The number of carboxylic acid groups (broad SMARTS) is 1. The molecule has 2 heterocycles. The maximum atomic E-state index is 10.5. The largest absolute Gasteiger partial charge is 0.480 e. The fourth-order valence-electron chi connectivity index (χ4n) is 1.19. The Hall–Kier alpha value is -0.900. The van der Waals surface area contributed by atoms with Gasteiger partial charge in [0.2, 0.25) is 5.89 Å². The van der Waals surface area contributed by atoms with Crippen LogP contribution in [0.4, 0.5) is 0 Å². The van der Waals surface area contributed by atoms with E-state index >= 15 is 0 Å². The number of thioether (sulfide) groups is 1. The van der Waals surface area contributed by atoms with Gasteiger partial charge in [-0.25, -0.2) is 0 Å². The Labute approximate surface area is 125 Å². The summed E-state index contributed by atoms with van der Waals surface area (Å²) in [5.41, 5.74) is 5.39. The Kier molecular flexibility index (Phi) is 4.97. The molecule has 102 valence electrons. The summed E-state index contributed by atoms with van der Waals surface area (Å²) in [4.78, 5) is 11.4. The second kappa shape index (κ2) is 6.51. The third kappa shape index (κ3) is 4.03. The maximum absolute atomic E-state index is 10.5. The highest BCUT2D eigenvalue weighted by atomic mass is 79.9. The van der Waals surface area contributed by atoms with Gasteiger partial charge in [-0.05, 0) is 28.1 Å². The molecular weight excluding hydrogens is 354 g/mol. The van der Waals surface area contributed by atoms with Gasteiger partial charge in [0.1, 0.15) is 6.04 Å². The third-order valence-electron chi connectivity index (χ3n) is 2.09. The van der Waals surface area contributed by atoms with E-state index in [4.69, 9.17) is 15.3 Å². The van der Waals surface area contributed by atoms with Gasteiger partial charge in [0.25, 0.3) is 5.89 Å². The number of rotatable bonds is 6. The first kappa shape index (κ1) is 14.5. The van der Waals surface area contributed by atoms with Crippen LogP contribution >= 0.6 is 39.0 Å². The Morgan fingerprint density at radius 3 is 3.00 bits per heavy atom. The number of thiophene rings is 1. The SMILES string of the molecule is N[C@H](CSCc1nnc(-c2ccc(Br)s2)o1)C(=O)O. The number of aromatic nitrogens is 2. The van der Waals surface area contributed by atoms with Crippen LogP contribution in [0.2, 0.25) is 0 Å². The lowest BCUT2D eigenvalue weighted by atomic mass is 10.4. The molecule has 3 N–H and O–H groups in total. The van der Waals surface area contributed by atoms with Crippen molar-refractivity contribution in [1.29, 1.82) is 0 Å². The van der Waals surface area contributed by atoms with Crippen LogP contribution in [0.25, 0.3) is 10.8 Å². The van der Waals surface area contributed by atoms with Crippen molar-refractivity contribution in [2.75, 3.05) is 5.75 Å². The highest BCUT2D eigenvalue weighted by Gasteiger charge is 2.14. The van der Waals surface area contributed by atoms with Gasteiger partial charge < -0.3 is 15.3 Å². The zero-order valence-corrected chi connectivity index (χ0v) is 12.8. The van der Waals surface area contributed by atoms with E-state index in [2.05, 4.69) is 26.1 Å². The van der Waals surface area contributed by atoms with Crippen molar-refractivity contribution in [3.8, 4) is 10.8 Å². The lowest BCUT2D eigenvalue weighted by molar-refractivity contribution is -0.137. The third-order valence-corrected chi connectivity index (χ3v) is 4.75. The minimum Gasteiger partial charge on any atom is -0.480 e. The minimum atomic E-state index is -1.01. The van der Waals surface area contributed by atoms with Gasteiger partial charge in [-0.2, -0.15) is 0 Å². The highest BCUT2D eigenvalue weighted by Crippen LogP contribution is 2.30. The predicted molar refractivity (Wildman–Crippen MR) is 77.1 cm³/mol. The van der Waals surface area contributed by atoms with Crippen LogP contribution in [-0.2, 0) is 10.5 Å². The molecule has 0 spiro atoms. The van der Waals surface area contributed by atoms with Crippen LogP contribution in [-0.4, -0.2) is 33.1 Å². The number of carbonyl (C=O) groups is 1. The molecule has 0 unspecified atom stereocenters. The van der Waals surface area contributed by atoms with Gasteiger partial charge in [-0.15, -0.1) is 33.3 Å². The second-order valence-electron chi connectivity index (χ2n) is 3.56. The summed E-state index contributed by atoms with van der Waals surface area (Å²) < 4.78 is 6.47. The highest BCUT2D eigenvalue weighted by molar-refractivity contribution is 9.11. The molecule has 19 heavy (non-hydrogen) atoms. The molecule has 9 heteroatoms. The molecule has 0 saturated heterocycles. The van der Waals surface area contributed by atoms with Crippen LogP contribution in [0.1, 0.15) is 5.89 Å². The summed E-state index contributed by atoms with van der Waals surface area (Å²) in [5.74, 6) is 0.663. The average molecular weight is 364 g/mol. The van der Waals surface area contributed by atoms with Crippen molar-refractivity contribution < 1.29 is 14.3 Å². The van der Waals surface area contributed by atoms with Gasteiger partial charge in [0, 0.05) is 5.75 Å². The zero-order valence-electron chi connectivity index (χ0n) is 9.58. The molecule has 0 aliphatic carbocycles. The molecule has 0 aliphatic heterocycles. The molecule has 2 aromatic rings. The fourth-order valence-corrected chi connectivity index (χ4v) is 3.30. The lowest BCUT2D eigenvalue weighted by Crippen LogP contribution is -2.32. The predicted octanol–water partition coefficient (Wildman–Crippen LogP) is 2.21. The molecule has 0 aromatic carbocycles. The topological polar surface area (TPSA) is 102 Å². The van der Waals surface area contributed by atoms with E-state index in [-0.39, 0.29) is 0 Å². The number of carboxylic acids is 1. The Morgan fingerprint density at radius 1 is 1.58 bits per heavy atom. The minimum absolute atomic E-state index is 0.303. The van der Waals surface area contributed by atoms with Crippen molar-refractivity contribution in [2.24, 2.45) is 5.73 Å². The molecule has 2 rings (SSSR count). The normalized spacial score (nSPS) is 12.5. The van der Waals surface area contributed by atoms with Crippen molar-refractivity contribution in [2.45, 2.75) is 11.8 Å². The number of aliphatic carboxylic acids is 1. The molecule has 1 atom stereocenters. The molecule has 0 bridgehead atoms. The van der Waals surface area contributed by atoms with Crippen molar-refractivity contribution >= 4 is 45.0 Å². The van der Waals surface area contributed by atoms with E-state index in [0.29, 0.717) is 23.3 Å². The second-order valence-corrected chi connectivity index (χ2v) is 7.06. The molecule has 0 radical (unpaired) electrons. The summed E-state index contributed by atoms with van der Waals surface area (Å²) in [6, 6.07) is 2.92. The summed E-state index contributed by atoms with van der Waals surface area (Å²) in [7, 11) is 0. The monoisotopic (exact) mass is 363 g/mol. The fraction of sp³-hybridized carbons (Fsp3) is 0.300. The van der Waals surface area contributed by atoms with Gasteiger partial charge >= 0.3 is 5.97 Å². The van der Waals surface area contributed by atoms with E-state index in [0.717, 1.165) is 8.66 Å².